The summed E-state index contributed by atoms with van der Waals surface area (Å²) in [6.45, 7) is 6.25. The van der Waals surface area contributed by atoms with E-state index in [2.05, 4.69) is 36.1 Å². The molecule has 0 amide bonds. The third-order valence-electron chi connectivity index (χ3n) is 1.94. The van der Waals surface area contributed by atoms with Gasteiger partial charge in [0.2, 0.25) is 0 Å². The summed E-state index contributed by atoms with van der Waals surface area (Å²) in [5, 5.41) is 3.29. The fourth-order valence-electron chi connectivity index (χ4n) is 1.37. The number of nitrogens with zero attached hydrogens (tertiary/aromatic N) is 2. The average Bonchev–Trinajstić information content (AvgIpc) is 2.68. The molecule has 2 rings (SSSR count). The third-order valence-corrected chi connectivity index (χ3v) is 1.94. The van der Waals surface area contributed by atoms with Crippen molar-refractivity contribution < 1.29 is 4.42 Å². The molecule has 84 valence electrons. The Labute approximate surface area is 94.7 Å². The number of furan rings is 1. The average molecular weight is 217 g/mol. The largest absolute Gasteiger partial charge is 0.463 e. The maximum atomic E-state index is 5.29. The summed E-state index contributed by atoms with van der Waals surface area (Å²) < 4.78 is 5.29. The molecule has 0 aromatic carbocycles. The molecular formula is C12H15N3O. The predicted molar refractivity (Wildman–Crippen MR) is 63.1 cm³/mol. The van der Waals surface area contributed by atoms with Crippen molar-refractivity contribution in [1.82, 2.24) is 9.97 Å². The van der Waals surface area contributed by atoms with Gasteiger partial charge < -0.3 is 9.73 Å². The minimum absolute atomic E-state index is 0.0191. The molecule has 0 fully saturated rings. The molecule has 2 heterocycles. The first-order chi connectivity index (χ1) is 7.54. The molecule has 0 atom stereocenters. The lowest BCUT2D eigenvalue weighted by molar-refractivity contribution is 0.579. The zero-order valence-electron chi connectivity index (χ0n) is 9.69. The zero-order chi connectivity index (χ0) is 11.6. The highest BCUT2D eigenvalue weighted by Gasteiger charge is 2.11. The van der Waals surface area contributed by atoms with Crippen LogP contribution in [0.3, 0.4) is 0 Å². The fourth-order valence-corrected chi connectivity index (χ4v) is 1.37. The molecule has 0 unspecified atom stereocenters. The third kappa shape index (κ3) is 2.59. The molecule has 0 aliphatic carbocycles. The van der Waals surface area contributed by atoms with E-state index < -0.39 is 0 Å². The summed E-state index contributed by atoms with van der Waals surface area (Å²) in [6, 6.07) is 5.60. The van der Waals surface area contributed by atoms with Crippen molar-refractivity contribution in [1.29, 1.82) is 0 Å². The van der Waals surface area contributed by atoms with Gasteiger partial charge >= 0.3 is 0 Å². The van der Waals surface area contributed by atoms with Crippen LogP contribution in [0.1, 0.15) is 20.8 Å². The molecule has 0 aliphatic heterocycles. The van der Waals surface area contributed by atoms with Crippen molar-refractivity contribution in [2.75, 3.05) is 5.32 Å². The Morgan fingerprint density at radius 1 is 1.25 bits per heavy atom. The van der Waals surface area contributed by atoms with Crippen LogP contribution in [-0.2, 0) is 0 Å². The van der Waals surface area contributed by atoms with Gasteiger partial charge in [-0.3, -0.25) is 0 Å². The maximum absolute atomic E-state index is 5.29. The van der Waals surface area contributed by atoms with Gasteiger partial charge in [-0.1, -0.05) is 0 Å². The van der Waals surface area contributed by atoms with Crippen LogP contribution in [0.2, 0.25) is 0 Å². The summed E-state index contributed by atoms with van der Waals surface area (Å²) in [5.41, 5.74) is 0.765. The number of rotatable bonds is 2. The van der Waals surface area contributed by atoms with Gasteiger partial charge in [-0.2, -0.15) is 0 Å². The number of aromatic nitrogens is 2. The quantitative estimate of drug-likeness (QED) is 0.840. The van der Waals surface area contributed by atoms with E-state index >= 15 is 0 Å². The van der Waals surface area contributed by atoms with Crippen LogP contribution in [0, 0.1) is 0 Å². The molecule has 0 saturated heterocycles. The van der Waals surface area contributed by atoms with Crippen LogP contribution in [0.5, 0.6) is 0 Å². The van der Waals surface area contributed by atoms with E-state index in [1.54, 1.807) is 6.26 Å². The summed E-state index contributed by atoms with van der Waals surface area (Å²) in [7, 11) is 0. The molecule has 1 N–H and O–H groups in total. The first-order valence-electron chi connectivity index (χ1n) is 5.19. The molecule has 2 aromatic heterocycles. The van der Waals surface area contributed by atoms with Crippen molar-refractivity contribution >= 4 is 5.82 Å². The van der Waals surface area contributed by atoms with Crippen molar-refractivity contribution in [2.24, 2.45) is 0 Å². The number of nitrogens with one attached hydrogen (secondary N) is 1. The summed E-state index contributed by atoms with van der Waals surface area (Å²) in [4.78, 5) is 8.34. The highest BCUT2D eigenvalue weighted by atomic mass is 16.3. The summed E-state index contributed by atoms with van der Waals surface area (Å²) in [5.74, 6) is 1.55. The summed E-state index contributed by atoms with van der Waals surface area (Å²) >= 11 is 0. The van der Waals surface area contributed by atoms with Crippen LogP contribution in [0.25, 0.3) is 11.5 Å². The summed E-state index contributed by atoms with van der Waals surface area (Å²) in [6.07, 6.45) is 3.17. The Morgan fingerprint density at radius 2 is 2.06 bits per heavy atom. The van der Waals surface area contributed by atoms with Crippen LogP contribution >= 0.6 is 0 Å². The SMILES string of the molecule is CC(C)(C)Nc1cc(-c2ccco2)ncn1. The van der Waals surface area contributed by atoms with Gasteiger partial charge in [0.25, 0.3) is 0 Å². The van der Waals surface area contributed by atoms with Crippen LogP contribution in [-0.4, -0.2) is 15.5 Å². The van der Waals surface area contributed by atoms with Crippen molar-refractivity contribution in [3.8, 4) is 11.5 Å². The minimum atomic E-state index is -0.0191. The second kappa shape index (κ2) is 3.96. The second-order valence-electron chi connectivity index (χ2n) is 4.64. The molecule has 4 nitrogen and oxygen atoms in total. The number of hydrogen-bond acceptors (Lipinski definition) is 4. The van der Waals surface area contributed by atoms with E-state index in [0.29, 0.717) is 0 Å². The topological polar surface area (TPSA) is 51.0 Å². The molecule has 0 radical (unpaired) electrons. The monoisotopic (exact) mass is 217 g/mol. The fraction of sp³-hybridized carbons (Fsp3) is 0.333. The van der Waals surface area contributed by atoms with E-state index in [0.717, 1.165) is 17.3 Å². The van der Waals surface area contributed by atoms with E-state index in [1.165, 1.54) is 6.33 Å². The Morgan fingerprint density at radius 3 is 2.69 bits per heavy atom. The van der Waals surface area contributed by atoms with Gasteiger partial charge in [-0.25, -0.2) is 9.97 Å². The smallest absolute Gasteiger partial charge is 0.152 e. The Bertz CT molecular complexity index is 457. The molecule has 0 spiro atoms. The lowest BCUT2D eigenvalue weighted by Crippen LogP contribution is -2.26. The minimum Gasteiger partial charge on any atom is -0.463 e. The number of hydrogen-bond donors (Lipinski definition) is 1. The molecule has 2 aromatic rings. The first-order valence-corrected chi connectivity index (χ1v) is 5.19. The van der Waals surface area contributed by atoms with E-state index in [9.17, 15) is 0 Å². The second-order valence-corrected chi connectivity index (χ2v) is 4.64. The predicted octanol–water partition coefficient (Wildman–Crippen LogP) is 2.95. The highest BCUT2D eigenvalue weighted by Crippen LogP contribution is 2.20. The molecule has 16 heavy (non-hydrogen) atoms. The lowest BCUT2D eigenvalue weighted by Gasteiger charge is -2.21. The highest BCUT2D eigenvalue weighted by molar-refractivity contribution is 5.56. The molecule has 0 bridgehead atoms. The van der Waals surface area contributed by atoms with Crippen molar-refractivity contribution in [2.45, 2.75) is 26.3 Å². The van der Waals surface area contributed by atoms with E-state index in [-0.39, 0.29) is 5.54 Å². The maximum Gasteiger partial charge on any atom is 0.152 e. The van der Waals surface area contributed by atoms with Gasteiger partial charge in [0.05, 0.1) is 6.26 Å². The molecular weight excluding hydrogens is 202 g/mol. The lowest BCUT2D eigenvalue weighted by atomic mass is 10.1. The van der Waals surface area contributed by atoms with Gasteiger partial charge in [0.1, 0.15) is 17.8 Å². The van der Waals surface area contributed by atoms with Crippen LogP contribution in [0.15, 0.2) is 35.2 Å². The van der Waals surface area contributed by atoms with Gasteiger partial charge in [-0.05, 0) is 32.9 Å². The van der Waals surface area contributed by atoms with Gasteiger partial charge in [0.15, 0.2) is 5.76 Å². The Balaban J connectivity index is 2.27. The Kier molecular flexibility index (Phi) is 2.64. The molecule has 0 aliphatic rings. The van der Waals surface area contributed by atoms with E-state index in [4.69, 9.17) is 4.42 Å². The Hall–Kier alpha value is -1.84. The zero-order valence-corrected chi connectivity index (χ0v) is 9.69. The standard InChI is InChI=1S/C12H15N3O/c1-12(2,3)15-11-7-9(13-8-14-11)10-5-4-6-16-10/h4-8H,1-3H3,(H,13,14,15). The molecule has 0 saturated carbocycles. The van der Waals surface area contributed by atoms with Gasteiger partial charge in [0, 0.05) is 11.6 Å². The first kappa shape index (κ1) is 10.7. The van der Waals surface area contributed by atoms with Crippen LogP contribution in [0.4, 0.5) is 5.82 Å². The molecule has 4 heteroatoms. The normalized spacial score (nSPS) is 11.4. The van der Waals surface area contributed by atoms with E-state index in [1.807, 2.05) is 18.2 Å². The van der Waals surface area contributed by atoms with Crippen molar-refractivity contribution in [3.05, 3.63) is 30.8 Å². The van der Waals surface area contributed by atoms with Crippen molar-refractivity contribution in [3.63, 3.8) is 0 Å². The van der Waals surface area contributed by atoms with Gasteiger partial charge in [-0.15, -0.1) is 0 Å². The van der Waals surface area contributed by atoms with Crippen LogP contribution < -0.4 is 5.32 Å². The number of anilines is 1.